The van der Waals surface area contributed by atoms with E-state index in [2.05, 4.69) is 26.6 Å². The zero-order valence-electron chi connectivity index (χ0n) is 19.2. The SMILES string of the molecule is CC(C)[C@@H](NC(=O)OC(C)(C)C)C(=O)NC1CCC(Oc2cc(=O)n(C)cc2Br)CC1. The van der Waals surface area contributed by atoms with E-state index in [0.29, 0.717) is 5.75 Å². The maximum atomic E-state index is 12.8. The van der Waals surface area contributed by atoms with Crippen LogP contribution in [0.1, 0.15) is 60.3 Å². The summed E-state index contributed by atoms with van der Waals surface area (Å²) in [7, 11) is 1.69. The number of hydrogen-bond acceptors (Lipinski definition) is 5. The van der Waals surface area contributed by atoms with Crippen LogP contribution in [0.2, 0.25) is 0 Å². The number of carbonyl (C=O) groups is 2. The number of halogens is 1. The summed E-state index contributed by atoms with van der Waals surface area (Å²) in [6, 6.07) is 0.828. The molecule has 8 nitrogen and oxygen atoms in total. The van der Waals surface area contributed by atoms with Gasteiger partial charge in [-0.05, 0) is 68.3 Å². The van der Waals surface area contributed by atoms with E-state index in [9.17, 15) is 14.4 Å². The third-order valence-corrected chi connectivity index (χ3v) is 5.68. The Morgan fingerprint density at radius 3 is 2.35 bits per heavy atom. The Bertz CT molecular complexity index is 839. The average molecular weight is 500 g/mol. The molecule has 2 N–H and O–H groups in total. The summed E-state index contributed by atoms with van der Waals surface area (Å²) in [6.07, 6.45) is 4.12. The van der Waals surface area contributed by atoms with E-state index in [-0.39, 0.29) is 29.5 Å². The van der Waals surface area contributed by atoms with Crippen molar-refractivity contribution in [3.63, 3.8) is 0 Å². The molecule has 2 rings (SSSR count). The van der Waals surface area contributed by atoms with Crippen molar-refractivity contribution in [3.05, 3.63) is 27.1 Å². The van der Waals surface area contributed by atoms with Crippen molar-refractivity contribution < 1.29 is 19.1 Å². The van der Waals surface area contributed by atoms with Gasteiger partial charge in [0.25, 0.3) is 5.56 Å². The molecule has 1 aliphatic carbocycles. The van der Waals surface area contributed by atoms with Crippen LogP contribution in [0, 0.1) is 5.92 Å². The number of aromatic nitrogens is 1. The van der Waals surface area contributed by atoms with Gasteiger partial charge < -0.3 is 24.7 Å². The summed E-state index contributed by atoms with van der Waals surface area (Å²) in [6.45, 7) is 9.11. The lowest BCUT2D eigenvalue weighted by atomic mass is 9.92. The van der Waals surface area contributed by atoms with Crippen molar-refractivity contribution in [2.75, 3.05) is 0 Å². The standard InChI is InChI=1S/C22H34BrN3O5/c1-13(2)19(25-21(29)31-22(3,4)5)20(28)24-14-7-9-15(10-8-14)30-17-11-18(27)26(6)12-16(17)23/h11-15,19H,7-10H2,1-6H3,(H,24,28)(H,25,29)/t14?,15?,19-/m1/s1. The van der Waals surface area contributed by atoms with Gasteiger partial charge in [0.05, 0.1) is 10.6 Å². The molecule has 0 aromatic carbocycles. The normalized spacial score (nSPS) is 20.1. The highest BCUT2D eigenvalue weighted by Crippen LogP contribution is 2.28. The number of rotatable bonds is 6. The number of ether oxygens (including phenoxy) is 2. The van der Waals surface area contributed by atoms with Gasteiger partial charge in [-0.15, -0.1) is 0 Å². The predicted molar refractivity (Wildman–Crippen MR) is 122 cm³/mol. The second-order valence-electron chi connectivity index (χ2n) is 9.40. The van der Waals surface area contributed by atoms with Gasteiger partial charge in [-0.1, -0.05) is 13.8 Å². The van der Waals surface area contributed by atoms with Crippen molar-refractivity contribution >= 4 is 27.9 Å². The van der Waals surface area contributed by atoms with Crippen LogP contribution >= 0.6 is 15.9 Å². The molecule has 174 valence electrons. The Labute approximate surface area is 192 Å². The Kier molecular flexibility index (Phi) is 8.57. The van der Waals surface area contributed by atoms with Crippen molar-refractivity contribution in [1.29, 1.82) is 0 Å². The highest BCUT2D eigenvalue weighted by Gasteiger charge is 2.30. The molecule has 31 heavy (non-hydrogen) atoms. The number of alkyl carbamates (subject to hydrolysis) is 1. The number of aryl methyl sites for hydroxylation is 1. The fraction of sp³-hybridized carbons (Fsp3) is 0.682. The molecule has 0 radical (unpaired) electrons. The molecule has 0 saturated heterocycles. The molecular formula is C22H34BrN3O5. The molecule has 0 unspecified atom stereocenters. The van der Waals surface area contributed by atoms with Crippen molar-refractivity contribution in [3.8, 4) is 5.75 Å². The number of pyridine rings is 1. The largest absolute Gasteiger partial charge is 0.489 e. The summed E-state index contributed by atoms with van der Waals surface area (Å²) < 4.78 is 13.5. The van der Waals surface area contributed by atoms with Gasteiger partial charge in [0.1, 0.15) is 17.4 Å². The minimum Gasteiger partial charge on any atom is -0.489 e. The number of amides is 2. The van der Waals surface area contributed by atoms with Crippen LogP contribution in [0.15, 0.2) is 21.5 Å². The number of nitrogens with zero attached hydrogens (tertiary/aromatic N) is 1. The third-order valence-electron chi connectivity index (χ3n) is 5.08. The first kappa shape index (κ1) is 25.2. The summed E-state index contributed by atoms with van der Waals surface area (Å²) in [4.78, 5) is 36.7. The van der Waals surface area contributed by atoms with Gasteiger partial charge >= 0.3 is 6.09 Å². The monoisotopic (exact) mass is 499 g/mol. The second kappa shape index (κ2) is 10.5. The number of carbonyl (C=O) groups excluding carboxylic acids is 2. The second-order valence-corrected chi connectivity index (χ2v) is 10.3. The summed E-state index contributed by atoms with van der Waals surface area (Å²) in [5, 5.41) is 5.74. The third kappa shape index (κ3) is 7.87. The zero-order valence-corrected chi connectivity index (χ0v) is 20.7. The fourth-order valence-corrected chi connectivity index (χ4v) is 3.95. The van der Waals surface area contributed by atoms with Gasteiger partial charge in [-0.25, -0.2) is 4.79 Å². The first-order chi connectivity index (χ1) is 14.4. The lowest BCUT2D eigenvalue weighted by Gasteiger charge is -2.31. The van der Waals surface area contributed by atoms with Crippen LogP contribution in [-0.4, -0.2) is 40.4 Å². The molecule has 1 aromatic heterocycles. The Morgan fingerprint density at radius 1 is 1.19 bits per heavy atom. The molecule has 1 aliphatic rings. The zero-order chi connectivity index (χ0) is 23.3. The van der Waals surface area contributed by atoms with E-state index < -0.39 is 17.7 Å². The average Bonchev–Trinajstić information content (AvgIpc) is 2.64. The maximum Gasteiger partial charge on any atom is 0.408 e. The van der Waals surface area contributed by atoms with Crippen LogP contribution < -0.4 is 20.9 Å². The van der Waals surface area contributed by atoms with Crippen molar-refractivity contribution in [2.24, 2.45) is 13.0 Å². The van der Waals surface area contributed by atoms with E-state index in [1.165, 1.54) is 10.6 Å². The molecule has 0 bridgehead atoms. The van der Waals surface area contributed by atoms with Crippen LogP contribution in [-0.2, 0) is 16.6 Å². The van der Waals surface area contributed by atoms with Crippen molar-refractivity contribution in [1.82, 2.24) is 15.2 Å². The number of nitrogens with one attached hydrogen (secondary N) is 2. The van der Waals surface area contributed by atoms with E-state index in [4.69, 9.17) is 9.47 Å². The smallest absolute Gasteiger partial charge is 0.408 e. The van der Waals surface area contributed by atoms with E-state index in [0.717, 1.165) is 30.2 Å². The van der Waals surface area contributed by atoms with Crippen molar-refractivity contribution in [2.45, 2.75) is 84.1 Å². The molecule has 2 amide bonds. The molecule has 1 atom stereocenters. The minimum atomic E-state index is -0.666. The highest BCUT2D eigenvalue weighted by atomic mass is 79.9. The topological polar surface area (TPSA) is 98.7 Å². The van der Waals surface area contributed by atoms with Gasteiger partial charge in [0.15, 0.2) is 0 Å². The fourth-order valence-electron chi connectivity index (χ4n) is 3.44. The van der Waals surface area contributed by atoms with Gasteiger partial charge in [0, 0.05) is 25.4 Å². The van der Waals surface area contributed by atoms with E-state index in [1.54, 1.807) is 34.0 Å². The molecule has 1 aromatic rings. The van der Waals surface area contributed by atoms with Crippen LogP contribution in [0.3, 0.4) is 0 Å². The van der Waals surface area contributed by atoms with Crippen LogP contribution in [0.4, 0.5) is 4.79 Å². The summed E-state index contributed by atoms with van der Waals surface area (Å²) >= 11 is 3.43. The van der Waals surface area contributed by atoms with Gasteiger partial charge in [-0.3, -0.25) is 9.59 Å². The first-order valence-electron chi connectivity index (χ1n) is 10.7. The molecule has 0 aliphatic heterocycles. The maximum absolute atomic E-state index is 12.8. The van der Waals surface area contributed by atoms with Crippen LogP contribution in [0.25, 0.3) is 0 Å². The lowest BCUT2D eigenvalue weighted by molar-refractivity contribution is -0.125. The van der Waals surface area contributed by atoms with E-state index >= 15 is 0 Å². The predicted octanol–water partition coefficient (Wildman–Crippen LogP) is 3.50. The molecule has 9 heteroatoms. The lowest BCUT2D eigenvalue weighted by Crippen LogP contribution is -2.53. The van der Waals surface area contributed by atoms with Gasteiger partial charge in [0.2, 0.25) is 5.91 Å². The molecule has 1 heterocycles. The summed E-state index contributed by atoms with van der Waals surface area (Å²) in [5.74, 6) is 0.252. The Balaban J connectivity index is 1.88. The quantitative estimate of drug-likeness (QED) is 0.623. The van der Waals surface area contributed by atoms with E-state index in [1.807, 2.05) is 13.8 Å². The van der Waals surface area contributed by atoms with Gasteiger partial charge in [-0.2, -0.15) is 0 Å². The highest BCUT2D eigenvalue weighted by molar-refractivity contribution is 9.10. The Morgan fingerprint density at radius 2 is 1.81 bits per heavy atom. The molecular weight excluding hydrogens is 466 g/mol. The molecule has 0 spiro atoms. The minimum absolute atomic E-state index is 0.0149. The Hall–Kier alpha value is -2.03. The first-order valence-corrected chi connectivity index (χ1v) is 11.5. The molecule has 1 fully saturated rings. The summed E-state index contributed by atoms with van der Waals surface area (Å²) in [5.41, 5.74) is -0.755. The molecule has 1 saturated carbocycles. The number of hydrogen-bond donors (Lipinski definition) is 2. The van der Waals surface area contributed by atoms with Crippen LogP contribution in [0.5, 0.6) is 5.75 Å².